The summed E-state index contributed by atoms with van der Waals surface area (Å²) in [5, 5.41) is 8.51. The van der Waals surface area contributed by atoms with Crippen LogP contribution in [0.2, 0.25) is 0 Å². The van der Waals surface area contributed by atoms with Gasteiger partial charge in [-0.25, -0.2) is 13.3 Å². The molecule has 4 rings (SSSR count). The molecular weight excluding hydrogens is 528 g/mol. The van der Waals surface area contributed by atoms with Gasteiger partial charge in [0.2, 0.25) is 6.41 Å². The largest absolute Gasteiger partial charge is 0.379 e. The van der Waals surface area contributed by atoms with Gasteiger partial charge in [0.25, 0.3) is 5.56 Å². The summed E-state index contributed by atoms with van der Waals surface area (Å²) in [4.78, 5) is 28.4. The Morgan fingerprint density at radius 3 is 2.46 bits per heavy atom. The topological polar surface area (TPSA) is 91.7 Å². The van der Waals surface area contributed by atoms with E-state index in [1.54, 1.807) is 41.6 Å². The number of benzene rings is 1. The standard InChI is InChI=1S/C26H29F2N5O2.C5H12O/c1-4-16(3)25(19(28)13-18(27)5-2)29-20-7-6-8-21-24(20)26-30-23(35)14-22(33(26)31-21)17-9-11-32(15-34)12-10-17;1-5(2,3)6-4/h5-8,13-15,17,29H,4,9-12H2,1-3H3,(H,30,35);1-4H3/b18-5+,19-13+,25-16?;. The minimum absolute atomic E-state index is 0.0417. The Morgan fingerprint density at radius 2 is 1.90 bits per heavy atom. The number of anilines is 1. The average molecular weight is 570 g/mol. The lowest BCUT2D eigenvalue weighted by atomic mass is 9.93. The van der Waals surface area contributed by atoms with E-state index in [4.69, 9.17) is 9.84 Å². The molecule has 0 atom stereocenters. The zero-order chi connectivity index (χ0) is 30.3. The number of carbonyl (C=O) groups excluding carboxylic acids is 1. The summed E-state index contributed by atoms with van der Waals surface area (Å²) in [6.07, 6.45) is 4.91. The number of carbonyl (C=O) groups is 1. The van der Waals surface area contributed by atoms with E-state index in [-0.39, 0.29) is 22.8 Å². The number of fused-ring (bicyclic) bond motifs is 3. The van der Waals surface area contributed by atoms with E-state index in [1.165, 1.54) is 13.0 Å². The van der Waals surface area contributed by atoms with Gasteiger partial charge in [0.05, 0.1) is 33.6 Å². The smallest absolute Gasteiger partial charge is 0.251 e. The summed E-state index contributed by atoms with van der Waals surface area (Å²) in [5.74, 6) is -1.32. The highest BCUT2D eigenvalue weighted by Gasteiger charge is 2.24. The molecule has 1 aromatic carbocycles. The van der Waals surface area contributed by atoms with Gasteiger partial charge in [0.1, 0.15) is 17.3 Å². The van der Waals surface area contributed by atoms with Crippen LogP contribution in [-0.2, 0) is 9.53 Å². The number of nitrogens with zero attached hydrogens (tertiary/aromatic N) is 3. The first kappa shape index (κ1) is 31.7. The number of amides is 1. The maximum Gasteiger partial charge on any atom is 0.251 e. The number of aromatic amines is 1. The predicted molar refractivity (Wildman–Crippen MR) is 160 cm³/mol. The molecule has 0 aliphatic carbocycles. The molecule has 0 bridgehead atoms. The Morgan fingerprint density at radius 1 is 1.24 bits per heavy atom. The summed E-state index contributed by atoms with van der Waals surface area (Å²) in [6.45, 7) is 12.5. The first-order valence-corrected chi connectivity index (χ1v) is 13.9. The highest BCUT2D eigenvalue weighted by Crippen LogP contribution is 2.33. The summed E-state index contributed by atoms with van der Waals surface area (Å²) in [6, 6.07) is 6.96. The van der Waals surface area contributed by atoms with E-state index in [2.05, 4.69) is 10.3 Å². The Hall–Kier alpha value is -3.79. The highest BCUT2D eigenvalue weighted by molar-refractivity contribution is 6.02. The van der Waals surface area contributed by atoms with Gasteiger partial charge in [-0.05, 0) is 71.6 Å². The van der Waals surface area contributed by atoms with Gasteiger partial charge >= 0.3 is 0 Å². The molecular formula is C31H41F2N5O3. The fourth-order valence-corrected chi connectivity index (χ4v) is 4.44. The lowest BCUT2D eigenvalue weighted by molar-refractivity contribution is -0.119. The molecule has 1 aliphatic heterocycles. The molecule has 2 N–H and O–H groups in total. The monoisotopic (exact) mass is 569 g/mol. The lowest BCUT2D eigenvalue weighted by Gasteiger charge is -2.29. The second-order valence-corrected chi connectivity index (χ2v) is 11.1. The highest BCUT2D eigenvalue weighted by atomic mass is 19.1. The predicted octanol–water partition coefficient (Wildman–Crippen LogP) is 6.77. The lowest BCUT2D eigenvalue weighted by Crippen LogP contribution is -2.32. The Labute approximate surface area is 239 Å². The van der Waals surface area contributed by atoms with Crippen LogP contribution >= 0.6 is 0 Å². The van der Waals surface area contributed by atoms with Gasteiger partial charge in [-0.2, -0.15) is 5.10 Å². The van der Waals surface area contributed by atoms with Crippen molar-refractivity contribution in [2.75, 3.05) is 25.5 Å². The van der Waals surface area contributed by atoms with Crippen LogP contribution in [0.25, 0.3) is 16.6 Å². The maximum atomic E-state index is 15.1. The summed E-state index contributed by atoms with van der Waals surface area (Å²) < 4.78 is 35.5. The second-order valence-electron chi connectivity index (χ2n) is 11.1. The first-order chi connectivity index (χ1) is 19.4. The number of hydrogen-bond donors (Lipinski definition) is 2. The SMILES string of the molecule is C/C=C(F)\C=C(\F)C(Nc1cccc2nn3c(C4CCN(C=O)CC4)cc(=O)[nH]c3c12)=C(C)CC.COC(C)(C)C. The average Bonchev–Trinajstić information content (AvgIpc) is 3.34. The van der Waals surface area contributed by atoms with Crippen LogP contribution in [0.4, 0.5) is 14.5 Å². The number of methoxy groups -OCH3 is 1. The van der Waals surface area contributed by atoms with Gasteiger partial charge in [0, 0.05) is 38.3 Å². The van der Waals surface area contributed by atoms with Crippen molar-refractivity contribution in [3.05, 3.63) is 75.4 Å². The van der Waals surface area contributed by atoms with Crippen molar-refractivity contribution in [2.24, 2.45) is 0 Å². The minimum atomic E-state index is -0.718. The van der Waals surface area contributed by atoms with Crippen LogP contribution < -0.4 is 10.9 Å². The maximum absolute atomic E-state index is 15.1. The van der Waals surface area contributed by atoms with E-state index < -0.39 is 11.7 Å². The molecule has 1 saturated heterocycles. The van der Waals surface area contributed by atoms with Gasteiger partial charge in [-0.1, -0.05) is 19.1 Å². The third-order valence-corrected chi connectivity index (χ3v) is 7.17. The molecule has 0 unspecified atom stereocenters. The van der Waals surface area contributed by atoms with Crippen molar-refractivity contribution < 1.29 is 18.3 Å². The van der Waals surface area contributed by atoms with Crippen molar-refractivity contribution in [3.63, 3.8) is 0 Å². The van der Waals surface area contributed by atoms with Gasteiger partial charge in [0.15, 0.2) is 0 Å². The van der Waals surface area contributed by atoms with Gasteiger partial charge in [-0.3, -0.25) is 9.59 Å². The number of ether oxygens (including phenoxy) is 1. The molecule has 2 aromatic heterocycles. The van der Waals surface area contributed by atoms with Crippen LogP contribution in [0.1, 0.15) is 72.4 Å². The van der Waals surface area contributed by atoms with Crippen LogP contribution in [0.15, 0.2) is 64.1 Å². The minimum Gasteiger partial charge on any atom is -0.379 e. The number of halogens is 2. The van der Waals surface area contributed by atoms with Crippen LogP contribution in [-0.4, -0.2) is 51.7 Å². The fourth-order valence-electron chi connectivity index (χ4n) is 4.44. The summed E-state index contributed by atoms with van der Waals surface area (Å²) in [7, 11) is 1.71. The van der Waals surface area contributed by atoms with E-state index in [0.29, 0.717) is 47.3 Å². The molecule has 10 heteroatoms. The Kier molecular flexibility index (Phi) is 10.6. The van der Waals surface area contributed by atoms with E-state index >= 15 is 4.39 Å². The van der Waals surface area contributed by atoms with E-state index in [1.807, 2.05) is 33.8 Å². The normalized spacial score (nSPS) is 16.0. The number of rotatable bonds is 7. The molecule has 8 nitrogen and oxygen atoms in total. The third-order valence-electron chi connectivity index (χ3n) is 7.17. The molecule has 1 fully saturated rings. The molecule has 41 heavy (non-hydrogen) atoms. The fraction of sp³-hybridized carbons (Fsp3) is 0.452. The number of allylic oxidation sites excluding steroid dienone is 5. The van der Waals surface area contributed by atoms with E-state index in [9.17, 15) is 14.0 Å². The molecule has 222 valence electrons. The number of aromatic nitrogens is 3. The van der Waals surface area contributed by atoms with Crippen molar-refractivity contribution in [3.8, 4) is 0 Å². The Bertz CT molecular complexity index is 1520. The van der Waals surface area contributed by atoms with E-state index in [0.717, 1.165) is 31.0 Å². The number of likely N-dealkylation sites (tertiary alicyclic amines) is 1. The second kappa shape index (κ2) is 13.7. The Balaban J connectivity index is 0.000000696. The molecule has 3 heterocycles. The zero-order valence-electron chi connectivity index (χ0n) is 25.0. The first-order valence-electron chi connectivity index (χ1n) is 13.9. The van der Waals surface area contributed by atoms with Gasteiger partial charge in [-0.15, -0.1) is 0 Å². The molecule has 1 aliphatic rings. The van der Waals surface area contributed by atoms with Crippen molar-refractivity contribution in [1.82, 2.24) is 19.5 Å². The summed E-state index contributed by atoms with van der Waals surface area (Å²) >= 11 is 0. The van der Waals surface area contributed by atoms with Crippen molar-refractivity contribution in [2.45, 2.75) is 72.3 Å². The molecule has 0 spiro atoms. The molecule has 0 radical (unpaired) electrons. The number of hydrogen-bond acceptors (Lipinski definition) is 5. The van der Waals surface area contributed by atoms with Crippen LogP contribution in [0.3, 0.4) is 0 Å². The van der Waals surface area contributed by atoms with Crippen molar-refractivity contribution in [1.29, 1.82) is 0 Å². The zero-order valence-corrected chi connectivity index (χ0v) is 25.0. The number of nitrogens with one attached hydrogen (secondary N) is 2. The molecule has 3 aromatic rings. The quantitative estimate of drug-likeness (QED) is 0.242. The van der Waals surface area contributed by atoms with Crippen LogP contribution in [0, 0.1) is 0 Å². The number of piperidine rings is 1. The third kappa shape index (κ3) is 7.91. The molecule has 0 saturated carbocycles. The molecule has 1 amide bonds. The van der Waals surface area contributed by atoms with Crippen LogP contribution in [0.5, 0.6) is 0 Å². The number of H-pyrrole nitrogens is 1. The van der Waals surface area contributed by atoms with Gasteiger partial charge < -0.3 is 19.9 Å². The van der Waals surface area contributed by atoms with Crippen molar-refractivity contribution >= 4 is 28.6 Å². The summed E-state index contributed by atoms with van der Waals surface area (Å²) in [5.41, 5.74) is 3.13.